The van der Waals surface area contributed by atoms with E-state index in [1.54, 1.807) is 0 Å². The van der Waals surface area contributed by atoms with Gasteiger partial charge in [0.05, 0.1) is 6.54 Å². The summed E-state index contributed by atoms with van der Waals surface area (Å²) >= 11 is 0. The van der Waals surface area contributed by atoms with Gasteiger partial charge < -0.3 is 10.2 Å². The lowest BCUT2D eigenvalue weighted by molar-refractivity contribution is -0.121. The van der Waals surface area contributed by atoms with Gasteiger partial charge in [0.15, 0.2) is 0 Å². The molecule has 2 saturated heterocycles. The third kappa shape index (κ3) is 4.41. The van der Waals surface area contributed by atoms with Gasteiger partial charge in [0.25, 0.3) is 0 Å². The number of nitrogens with zero attached hydrogens (tertiary/aromatic N) is 2. The highest BCUT2D eigenvalue weighted by Gasteiger charge is 2.28. The minimum atomic E-state index is -0.338. The number of amides is 3. The fraction of sp³-hybridized carbons (Fsp3) is 0.867. The Bertz CT molecular complexity index is 383. The van der Waals surface area contributed by atoms with Crippen molar-refractivity contribution in [1.29, 1.82) is 0 Å². The lowest BCUT2D eigenvalue weighted by Gasteiger charge is -2.36. The van der Waals surface area contributed by atoms with Crippen molar-refractivity contribution in [3.8, 4) is 0 Å². The Labute approximate surface area is 126 Å². The number of hydrogen-bond acceptors (Lipinski definition) is 4. The first-order valence-electron chi connectivity index (χ1n) is 8.27. The molecule has 0 bridgehead atoms. The minimum absolute atomic E-state index is 0.187. The Hall–Kier alpha value is -1.14. The smallest absolute Gasteiger partial charge is 0.321 e. The molecule has 0 aromatic rings. The second kappa shape index (κ2) is 6.75. The van der Waals surface area contributed by atoms with Gasteiger partial charge >= 0.3 is 6.03 Å². The van der Waals surface area contributed by atoms with Crippen LogP contribution in [0.3, 0.4) is 0 Å². The zero-order valence-electron chi connectivity index (χ0n) is 12.6. The van der Waals surface area contributed by atoms with Crippen LogP contribution >= 0.6 is 0 Å². The summed E-state index contributed by atoms with van der Waals surface area (Å²) in [5.74, 6) is -0.187. The molecule has 118 valence electrons. The van der Waals surface area contributed by atoms with Crippen molar-refractivity contribution < 1.29 is 9.59 Å². The molecular formula is C15H26N4O2. The number of hydrogen-bond donors (Lipinski definition) is 2. The average Bonchev–Trinajstić information content (AvgIpc) is 3.09. The maximum absolute atomic E-state index is 11.8. The van der Waals surface area contributed by atoms with Gasteiger partial charge in [-0.1, -0.05) is 0 Å². The Morgan fingerprint density at radius 1 is 0.952 bits per heavy atom. The molecule has 0 spiro atoms. The fourth-order valence-electron chi connectivity index (χ4n) is 3.37. The molecule has 0 unspecified atom stereocenters. The Morgan fingerprint density at radius 2 is 1.62 bits per heavy atom. The largest absolute Gasteiger partial charge is 0.335 e. The minimum Gasteiger partial charge on any atom is -0.335 e. The van der Waals surface area contributed by atoms with E-state index >= 15 is 0 Å². The predicted molar refractivity (Wildman–Crippen MR) is 80.0 cm³/mol. The number of likely N-dealkylation sites (tertiary alicyclic amines) is 2. The summed E-state index contributed by atoms with van der Waals surface area (Å²) in [6, 6.07) is 0.647. The summed E-state index contributed by atoms with van der Waals surface area (Å²) in [4.78, 5) is 28.1. The van der Waals surface area contributed by atoms with Gasteiger partial charge in [0.2, 0.25) is 5.91 Å². The van der Waals surface area contributed by atoms with E-state index in [0.717, 1.165) is 38.8 Å². The van der Waals surface area contributed by atoms with Crippen LogP contribution in [0.1, 0.15) is 38.5 Å². The van der Waals surface area contributed by atoms with Crippen molar-refractivity contribution >= 4 is 11.9 Å². The quantitative estimate of drug-likeness (QED) is 0.794. The SMILES string of the molecule is O=C(CN1CCC(N2CCCC2)CC1)NC(=O)NC1CC1. The Kier molecular flexibility index (Phi) is 4.75. The molecule has 0 atom stereocenters. The summed E-state index contributed by atoms with van der Waals surface area (Å²) in [5.41, 5.74) is 0. The second-order valence-electron chi connectivity index (χ2n) is 6.55. The van der Waals surface area contributed by atoms with Gasteiger partial charge in [0.1, 0.15) is 0 Å². The molecule has 3 rings (SSSR count). The van der Waals surface area contributed by atoms with Crippen LogP contribution in [-0.2, 0) is 4.79 Å². The molecule has 6 nitrogen and oxygen atoms in total. The highest BCUT2D eigenvalue weighted by Crippen LogP contribution is 2.21. The first-order valence-corrected chi connectivity index (χ1v) is 8.27. The van der Waals surface area contributed by atoms with Crippen LogP contribution < -0.4 is 10.6 Å². The number of carbonyl (C=O) groups is 2. The van der Waals surface area contributed by atoms with Crippen LogP contribution in [0.2, 0.25) is 0 Å². The number of nitrogens with one attached hydrogen (secondary N) is 2. The molecule has 3 fully saturated rings. The number of carbonyl (C=O) groups excluding carboxylic acids is 2. The van der Waals surface area contributed by atoms with Crippen LogP contribution in [0.25, 0.3) is 0 Å². The van der Waals surface area contributed by atoms with E-state index in [1.165, 1.54) is 25.9 Å². The Balaban J connectivity index is 1.34. The van der Waals surface area contributed by atoms with Crippen molar-refractivity contribution in [3.63, 3.8) is 0 Å². The molecule has 2 N–H and O–H groups in total. The van der Waals surface area contributed by atoms with E-state index in [1.807, 2.05) is 0 Å². The third-order valence-electron chi connectivity index (χ3n) is 4.75. The van der Waals surface area contributed by atoms with Crippen LogP contribution in [0.15, 0.2) is 0 Å². The lowest BCUT2D eigenvalue weighted by Crippen LogP contribution is -2.49. The van der Waals surface area contributed by atoms with E-state index in [2.05, 4.69) is 20.4 Å². The van der Waals surface area contributed by atoms with Gasteiger partial charge in [-0.05, 0) is 51.6 Å². The number of imide groups is 1. The van der Waals surface area contributed by atoms with E-state index in [4.69, 9.17) is 0 Å². The first kappa shape index (κ1) is 14.8. The summed E-state index contributed by atoms with van der Waals surface area (Å²) in [6.07, 6.45) is 7.01. The summed E-state index contributed by atoms with van der Waals surface area (Å²) in [6.45, 7) is 4.74. The maximum atomic E-state index is 11.8. The predicted octanol–water partition coefficient (Wildman–Crippen LogP) is 0.535. The van der Waals surface area contributed by atoms with Crippen molar-refractivity contribution in [3.05, 3.63) is 0 Å². The number of piperidine rings is 1. The lowest BCUT2D eigenvalue weighted by atomic mass is 10.0. The topological polar surface area (TPSA) is 64.7 Å². The molecule has 6 heteroatoms. The molecule has 0 aromatic carbocycles. The van der Waals surface area contributed by atoms with Gasteiger partial charge in [-0.3, -0.25) is 15.0 Å². The summed E-state index contributed by atoms with van der Waals surface area (Å²) < 4.78 is 0. The maximum Gasteiger partial charge on any atom is 0.321 e. The second-order valence-corrected chi connectivity index (χ2v) is 6.55. The molecule has 1 aliphatic carbocycles. The summed E-state index contributed by atoms with van der Waals surface area (Å²) in [5, 5.41) is 5.19. The zero-order chi connectivity index (χ0) is 14.7. The number of rotatable bonds is 4. The van der Waals surface area contributed by atoms with Gasteiger partial charge in [-0.15, -0.1) is 0 Å². The molecule has 0 radical (unpaired) electrons. The average molecular weight is 294 g/mol. The van der Waals surface area contributed by atoms with Crippen molar-refractivity contribution in [2.45, 2.75) is 50.6 Å². The van der Waals surface area contributed by atoms with Crippen LogP contribution in [0, 0.1) is 0 Å². The highest BCUT2D eigenvalue weighted by molar-refractivity contribution is 5.95. The molecule has 21 heavy (non-hydrogen) atoms. The van der Waals surface area contributed by atoms with Crippen molar-refractivity contribution in [2.75, 3.05) is 32.7 Å². The molecular weight excluding hydrogens is 268 g/mol. The van der Waals surface area contributed by atoms with Crippen LogP contribution in [0.4, 0.5) is 4.79 Å². The molecule has 3 aliphatic rings. The monoisotopic (exact) mass is 294 g/mol. The molecule has 3 amide bonds. The van der Waals surface area contributed by atoms with Gasteiger partial charge in [-0.2, -0.15) is 0 Å². The van der Waals surface area contributed by atoms with Crippen molar-refractivity contribution in [1.82, 2.24) is 20.4 Å². The molecule has 1 saturated carbocycles. The zero-order valence-corrected chi connectivity index (χ0v) is 12.6. The molecule has 0 aromatic heterocycles. The summed E-state index contributed by atoms with van der Waals surface area (Å²) in [7, 11) is 0. The van der Waals surface area contributed by atoms with E-state index in [0.29, 0.717) is 12.6 Å². The first-order chi connectivity index (χ1) is 10.2. The van der Waals surface area contributed by atoms with E-state index in [9.17, 15) is 9.59 Å². The number of urea groups is 1. The van der Waals surface area contributed by atoms with Crippen LogP contribution in [0.5, 0.6) is 0 Å². The van der Waals surface area contributed by atoms with E-state index in [-0.39, 0.29) is 18.0 Å². The third-order valence-corrected chi connectivity index (χ3v) is 4.75. The van der Waals surface area contributed by atoms with Crippen molar-refractivity contribution in [2.24, 2.45) is 0 Å². The normalized spacial score (nSPS) is 25.0. The van der Waals surface area contributed by atoms with Gasteiger partial charge in [0, 0.05) is 25.2 Å². The standard InChI is InChI=1S/C15H26N4O2/c20-14(17-15(21)16-12-3-4-12)11-18-9-5-13(6-10-18)19-7-1-2-8-19/h12-13H,1-11H2,(H2,16,17,20,21). The fourth-order valence-corrected chi connectivity index (χ4v) is 3.37. The molecule has 2 heterocycles. The molecule has 2 aliphatic heterocycles. The highest BCUT2D eigenvalue weighted by atomic mass is 16.2. The Morgan fingerprint density at radius 3 is 2.24 bits per heavy atom. The van der Waals surface area contributed by atoms with Crippen LogP contribution in [-0.4, -0.2) is 66.5 Å². The van der Waals surface area contributed by atoms with Gasteiger partial charge in [-0.25, -0.2) is 4.79 Å². The van der Waals surface area contributed by atoms with E-state index < -0.39 is 0 Å².